The average Bonchev–Trinajstić information content (AvgIpc) is 2.54. The van der Waals surface area contributed by atoms with Gasteiger partial charge < -0.3 is 13.8 Å². The number of allylic oxidation sites excluding steroid dienone is 3. The van der Waals surface area contributed by atoms with Crippen molar-refractivity contribution in [2.24, 2.45) is 11.8 Å². The maximum absolute atomic E-state index is 3.91. The summed E-state index contributed by atoms with van der Waals surface area (Å²) in [4.78, 5) is 0. The largest absolute Gasteiger partial charge is 0.341 e. The van der Waals surface area contributed by atoms with Crippen molar-refractivity contribution >= 4 is 0 Å². The maximum Gasteiger partial charge on any atom is 0 e. The van der Waals surface area contributed by atoms with Gasteiger partial charge in [-0.05, 0) is 39.5 Å². The van der Waals surface area contributed by atoms with Crippen LogP contribution in [0.2, 0.25) is 0 Å². The van der Waals surface area contributed by atoms with Crippen molar-refractivity contribution in [3.05, 3.63) is 50.3 Å². The monoisotopic (exact) mass is 637 g/mol. The Morgan fingerprint density at radius 3 is 1.29 bits per heavy atom. The Morgan fingerprint density at radius 2 is 1.18 bits per heavy atom. The molecule has 0 saturated carbocycles. The van der Waals surface area contributed by atoms with E-state index in [0.717, 1.165) is 17.9 Å². The third kappa shape index (κ3) is 71.3. The molecule has 1 unspecified atom stereocenters. The molecule has 0 aliphatic heterocycles. The first-order chi connectivity index (χ1) is 12.0. The van der Waals surface area contributed by atoms with E-state index in [1.54, 1.807) is 0 Å². The SMILES string of the molecule is C=C(C)CCC.C=C(C)CCCC([CH2-])C.C=C(C)C[CH2-].CCC(C)CC.[W].[Y]. The number of hydrogen-bond acceptors (Lipinski definition) is 0. The van der Waals surface area contributed by atoms with Crippen LogP contribution in [0.15, 0.2) is 36.5 Å². The second-order valence-electron chi connectivity index (χ2n) is 7.79. The Hall–Kier alpha value is 1.01. The zero-order valence-corrected chi connectivity index (χ0v) is 26.6. The van der Waals surface area contributed by atoms with Crippen molar-refractivity contribution in [3.63, 3.8) is 0 Å². The fourth-order valence-electron chi connectivity index (χ4n) is 1.47. The van der Waals surface area contributed by atoms with Gasteiger partial charge in [0.15, 0.2) is 0 Å². The molecular formula is C26H52WY-2. The van der Waals surface area contributed by atoms with Gasteiger partial charge in [-0.15, -0.1) is 25.3 Å². The molecule has 0 amide bonds. The van der Waals surface area contributed by atoms with Crippen LogP contribution in [0.25, 0.3) is 0 Å². The molecule has 0 aliphatic rings. The van der Waals surface area contributed by atoms with E-state index in [-0.39, 0.29) is 53.8 Å². The summed E-state index contributed by atoms with van der Waals surface area (Å²) in [6.45, 7) is 35.8. The molecule has 0 aliphatic carbocycles. The molecule has 2 heteroatoms. The van der Waals surface area contributed by atoms with Crippen LogP contribution in [0.3, 0.4) is 0 Å². The summed E-state index contributed by atoms with van der Waals surface area (Å²) in [5.41, 5.74) is 3.72. The summed E-state index contributed by atoms with van der Waals surface area (Å²) in [7, 11) is 0. The molecule has 0 N–H and O–H groups in total. The van der Waals surface area contributed by atoms with Gasteiger partial charge in [-0.2, -0.15) is 12.3 Å². The summed E-state index contributed by atoms with van der Waals surface area (Å²) >= 11 is 0. The van der Waals surface area contributed by atoms with Crippen LogP contribution < -0.4 is 0 Å². The number of hydrogen-bond donors (Lipinski definition) is 0. The molecule has 0 heterocycles. The van der Waals surface area contributed by atoms with Gasteiger partial charge in [0.25, 0.3) is 0 Å². The quantitative estimate of drug-likeness (QED) is 0.175. The van der Waals surface area contributed by atoms with E-state index in [0.29, 0.717) is 5.92 Å². The molecule has 0 aromatic heterocycles. The minimum Gasteiger partial charge on any atom is -0.341 e. The van der Waals surface area contributed by atoms with Crippen molar-refractivity contribution in [2.75, 3.05) is 0 Å². The molecule has 28 heavy (non-hydrogen) atoms. The van der Waals surface area contributed by atoms with Gasteiger partial charge >= 0.3 is 0 Å². The first kappa shape index (κ1) is 43.0. The van der Waals surface area contributed by atoms with Crippen LogP contribution in [0.1, 0.15) is 107 Å². The van der Waals surface area contributed by atoms with Gasteiger partial charge in [0.05, 0.1) is 0 Å². The summed E-state index contributed by atoms with van der Waals surface area (Å²) in [6, 6.07) is 0. The Morgan fingerprint density at radius 1 is 0.821 bits per heavy atom. The molecule has 0 nitrogen and oxygen atoms in total. The van der Waals surface area contributed by atoms with E-state index >= 15 is 0 Å². The molecule has 1 radical (unpaired) electrons. The van der Waals surface area contributed by atoms with Gasteiger partial charge in [-0.1, -0.05) is 77.9 Å². The van der Waals surface area contributed by atoms with Gasteiger partial charge in [0.1, 0.15) is 0 Å². The topological polar surface area (TPSA) is 0 Å². The van der Waals surface area contributed by atoms with Gasteiger partial charge in [-0.3, -0.25) is 0 Å². The van der Waals surface area contributed by atoms with E-state index < -0.39 is 0 Å². The maximum atomic E-state index is 3.91. The molecule has 0 saturated heterocycles. The summed E-state index contributed by atoms with van der Waals surface area (Å²) in [5, 5.41) is 0. The van der Waals surface area contributed by atoms with E-state index in [2.05, 4.69) is 82.1 Å². The third-order valence-corrected chi connectivity index (χ3v) is 3.80. The second kappa shape index (κ2) is 35.4. The smallest absolute Gasteiger partial charge is 0 e. The van der Waals surface area contributed by atoms with Gasteiger partial charge in [0.2, 0.25) is 0 Å². The zero-order chi connectivity index (χ0) is 21.5. The third-order valence-electron chi connectivity index (χ3n) is 3.80. The first-order valence-corrected chi connectivity index (χ1v) is 10.5. The standard InChI is InChI=1S/C9H17.C6H12.C6H14.C5H9.W.Y/c1-8(2)6-5-7-9(3)4;1-4-5-6(2)3;1-4-6(3)5-2;1-4-5(2)3;;/h8H,1,3,5-7H2,2,4H3;2,4-5H2,1,3H3;6H,4-5H2,1-3H3;1-2,4H2,3H3;;/q-1;;;-1;;. The van der Waals surface area contributed by atoms with Gasteiger partial charge in [-0.25, -0.2) is 0 Å². The normalized spacial score (nSPS) is 9.54. The van der Waals surface area contributed by atoms with E-state index in [9.17, 15) is 0 Å². The predicted octanol–water partition coefficient (Wildman–Crippen LogP) is 9.79. The first-order valence-electron chi connectivity index (χ1n) is 10.5. The van der Waals surface area contributed by atoms with Gasteiger partial charge in [0, 0.05) is 53.8 Å². The van der Waals surface area contributed by atoms with Crippen LogP contribution >= 0.6 is 0 Å². The fraction of sp³-hybridized carbons (Fsp3) is 0.692. The molecular weight excluding hydrogens is 585 g/mol. The van der Waals surface area contributed by atoms with Crippen molar-refractivity contribution < 1.29 is 53.8 Å². The Labute approximate surface area is 221 Å². The number of rotatable bonds is 9. The second-order valence-corrected chi connectivity index (χ2v) is 7.79. The summed E-state index contributed by atoms with van der Waals surface area (Å²) in [5.74, 6) is 1.54. The zero-order valence-electron chi connectivity index (χ0n) is 20.8. The Balaban J connectivity index is -0.0000000577. The van der Waals surface area contributed by atoms with E-state index in [1.165, 1.54) is 56.1 Å². The average molecular weight is 637 g/mol. The van der Waals surface area contributed by atoms with E-state index in [1.807, 2.05) is 6.92 Å². The molecule has 167 valence electrons. The minimum atomic E-state index is 0. The van der Waals surface area contributed by atoms with Crippen LogP contribution in [-0.4, -0.2) is 0 Å². The molecule has 0 aromatic carbocycles. The van der Waals surface area contributed by atoms with Crippen molar-refractivity contribution in [1.29, 1.82) is 0 Å². The summed E-state index contributed by atoms with van der Waals surface area (Å²) in [6.07, 6.45) is 9.58. The van der Waals surface area contributed by atoms with Crippen molar-refractivity contribution in [2.45, 2.75) is 107 Å². The van der Waals surface area contributed by atoms with Crippen LogP contribution in [-0.2, 0) is 53.8 Å². The Bertz CT molecular complexity index is 314. The minimum absolute atomic E-state index is 0. The predicted molar refractivity (Wildman–Crippen MR) is 127 cm³/mol. The van der Waals surface area contributed by atoms with Crippen LogP contribution in [0.4, 0.5) is 0 Å². The molecule has 0 aromatic rings. The van der Waals surface area contributed by atoms with Crippen LogP contribution in [0, 0.1) is 25.7 Å². The molecule has 0 bridgehead atoms. The molecule has 1 atom stereocenters. The molecule has 0 fully saturated rings. The van der Waals surface area contributed by atoms with E-state index in [4.69, 9.17) is 0 Å². The summed E-state index contributed by atoms with van der Waals surface area (Å²) < 4.78 is 0. The molecule has 0 rings (SSSR count). The van der Waals surface area contributed by atoms with Crippen molar-refractivity contribution in [1.82, 2.24) is 0 Å². The molecule has 0 spiro atoms. The van der Waals surface area contributed by atoms with Crippen molar-refractivity contribution in [3.8, 4) is 0 Å². The Kier molecular flexibility index (Phi) is 54.4. The van der Waals surface area contributed by atoms with Crippen LogP contribution in [0.5, 0.6) is 0 Å². The fourth-order valence-corrected chi connectivity index (χ4v) is 1.47.